The smallest absolute Gasteiger partial charge is 0.243 e. The normalized spacial score (nSPS) is 15.7. The molecule has 0 aliphatic carbocycles. The van der Waals surface area contributed by atoms with E-state index in [1.807, 2.05) is 37.4 Å². The molecule has 0 aliphatic heterocycles. The van der Waals surface area contributed by atoms with E-state index in [-0.39, 0.29) is 5.91 Å². The van der Waals surface area contributed by atoms with Crippen molar-refractivity contribution in [2.45, 2.75) is 45.2 Å². The zero-order valence-corrected chi connectivity index (χ0v) is 13.7. The molecule has 21 heavy (non-hydrogen) atoms. The van der Waals surface area contributed by atoms with Gasteiger partial charge in [0.25, 0.3) is 0 Å². The first-order valence-corrected chi connectivity index (χ1v) is 7.78. The molecule has 2 atom stereocenters. The molecule has 1 aromatic carbocycles. The number of primary amides is 1. The lowest BCUT2D eigenvalue weighted by Crippen LogP contribution is -2.59. The van der Waals surface area contributed by atoms with Crippen LogP contribution in [-0.4, -0.2) is 37.0 Å². The topological polar surface area (TPSA) is 58.4 Å². The molecule has 118 valence electrons. The minimum atomic E-state index is -0.838. The molecule has 0 aliphatic rings. The van der Waals surface area contributed by atoms with Crippen LogP contribution < -0.4 is 11.1 Å². The molecular formula is C17H29N3O. The fourth-order valence-corrected chi connectivity index (χ4v) is 2.46. The Hall–Kier alpha value is -1.39. The second-order valence-electron chi connectivity index (χ2n) is 5.73. The van der Waals surface area contributed by atoms with Gasteiger partial charge in [0, 0.05) is 12.6 Å². The minimum absolute atomic E-state index is 0.322. The molecule has 2 unspecified atom stereocenters. The molecule has 1 rings (SSSR count). The molecule has 3 N–H and O–H groups in total. The Labute approximate surface area is 128 Å². The molecule has 0 heterocycles. The summed E-state index contributed by atoms with van der Waals surface area (Å²) in [5.74, 6) is -0.322. The molecule has 4 nitrogen and oxygen atoms in total. The highest BCUT2D eigenvalue weighted by Gasteiger charge is 2.39. The van der Waals surface area contributed by atoms with Crippen molar-refractivity contribution in [3.8, 4) is 0 Å². The SMILES string of the molecule is CCCNC(CN(C)C(C)CC)(C(N)=O)c1ccccc1. The van der Waals surface area contributed by atoms with E-state index in [4.69, 9.17) is 5.73 Å². The number of hydrogen-bond acceptors (Lipinski definition) is 3. The number of rotatable bonds is 9. The molecule has 0 bridgehead atoms. The van der Waals surface area contributed by atoms with E-state index in [2.05, 4.69) is 31.0 Å². The lowest BCUT2D eigenvalue weighted by Gasteiger charge is -2.38. The van der Waals surface area contributed by atoms with Gasteiger partial charge in [-0.3, -0.25) is 10.1 Å². The van der Waals surface area contributed by atoms with Gasteiger partial charge < -0.3 is 10.6 Å². The Morgan fingerprint density at radius 2 is 1.95 bits per heavy atom. The van der Waals surface area contributed by atoms with Crippen LogP contribution in [0.5, 0.6) is 0 Å². The first-order valence-electron chi connectivity index (χ1n) is 7.78. The van der Waals surface area contributed by atoms with Crippen molar-refractivity contribution in [3.63, 3.8) is 0 Å². The van der Waals surface area contributed by atoms with E-state index in [1.165, 1.54) is 0 Å². The van der Waals surface area contributed by atoms with Crippen LogP contribution in [0.1, 0.15) is 39.2 Å². The highest BCUT2D eigenvalue weighted by Crippen LogP contribution is 2.23. The van der Waals surface area contributed by atoms with Crippen molar-refractivity contribution < 1.29 is 4.79 Å². The van der Waals surface area contributed by atoms with Crippen LogP contribution in [0, 0.1) is 0 Å². The van der Waals surface area contributed by atoms with Gasteiger partial charge in [-0.05, 0) is 38.9 Å². The van der Waals surface area contributed by atoms with E-state index in [0.717, 1.165) is 24.9 Å². The van der Waals surface area contributed by atoms with Crippen LogP contribution in [0.3, 0.4) is 0 Å². The van der Waals surface area contributed by atoms with Gasteiger partial charge in [0.1, 0.15) is 5.54 Å². The summed E-state index contributed by atoms with van der Waals surface area (Å²) in [7, 11) is 2.04. The summed E-state index contributed by atoms with van der Waals surface area (Å²) in [6.07, 6.45) is 1.99. The fourth-order valence-electron chi connectivity index (χ4n) is 2.46. The van der Waals surface area contributed by atoms with Crippen molar-refractivity contribution in [2.75, 3.05) is 20.1 Å². The minimum Gasteiger partial charge on any atom is -0.368 e. The van der Waals surface area contributed by atoms with Gasteiger partial charge in [-0.1, -0.05) is 44.2 Å². The fraction of sp³-hybridized carbons (Fsp3) is 0.588. The van der Waals surface area contributed by atoms with E-state index in [1.54, 1.807) is 0 Å². The maximum absolute atomic E-state index is 12.3. The molecule has 0 spiro atoms. The summed E-state index contributed by atoms with van der Waals surface area (Å²) in [6.45, 7) is 7.72. The first-order chi connectivity index (χ1) is 9.97. The molecule has 0 aromatic heterocycles. The average Bonchev–Trinajstić information content (AvgIpc) is 2.50. The standard InChI is InChI=1S/C17H29N3O/c1-5-12-19-17(16(18)21,13-20(4)14(3)6-2)15-10-8-7-9-11-15/h7-11,14,19H,5-6,12-13H2,1-4H3,(H2,18,21). The third kappa shape index (κ3) is 4.29. The number of hydrogen-bond donors (Lipinski definition) is 2. The summed E-state index contributed by atoms with van der Waals surface area (Å²) < 4.78 is 0. The third-order valence-corrected chi connectivity index (χ3v) is 4.19. The summed E-state index contributed by atoms with van der Waals surface area (Å²) >= 11 is 0. The lowest BCUT2D eigenvalue weighted by atomic mass is 9.87. The Morgan fingerprint density at radius 1 is 1.33 bits per heavy atom. The highest BCUT2D eigenvalue weighted by molar-refractivity contribution is 5.86. The second kappa shape index (κ2) is 8.15. The van der Waals surface area contributed by atoms with Crippen molar-refractivity contribution in [1.29, 1.82) is 0 Å². The maximum atomic E-state index is 12.3. The molecule has 0 saturated carbocycles. The Balaban J connectivity index is 3.16. The number of nitrogens with zero attached hydrogens (tertiary/aromatic N) is 1. The van der Waals surface area contributed by atoms with Crippen molar-refractivity contribution >= 4 is 5.91 Å². The molecule has 0 radical (unpaired) electrons. The zero-order valence-electron chi connectivity index (χ0n) is 13.7. The number of likely N-dealkylation sites (N-methyl/N-ethyl adjacent to an activating group) is 1. The largest absolute Gasteiger partial charge is 0.368 e. The van der Waals surface area contributed by atoms with Gasteiger partial charge in [-0.15, -0.1) is 0 Å². The molecular weight excluding hydrogens is 262 g/mol. The lowest BCUT2D eigenvalue weighted by molar-refractivity contribution is -0.125. The van der Waals surface area contributed by atoms with Crippen LogP contribution in [0.4, 0.5) is 0 Å². The van der Waals surface area contributed by atoms with Crippen LogP contribution in [0.15, 0.2) is 30.3 Å². The third-order valence-electron chi connectivity index (χ3n) is 4.19. The van der Waals surface area contributed by atoms with Crippen molar-refractivity contribution in [3.05, 3.63) is 35.9 Å². The van der Waals surface area contributed by atoms with Crippen LogP contribution in [-0.2, 0) is 10.3 Å². The van der Waals surface area contributed by atoms with Crippen molar-refractivity contribution in [2.24, 2.45) is 5.73 Å². The van der Waals surface area contributed by atoms with Crippen molar-refractivity contribution in [1.82, 2.24) is 10.2 Å². The predicted octanol–water partition coefficient (Wildman–Crippen LogP) is 2.10. The summed E-state index contributed by atoms with van der Waals surface area (Å²) in [5, 5.41) is 3.39. The van der Waals surface area contributed by atoms with Gasteiger partial charge in [0.2, 0.25) is 5.91 Å². The molecule has 0 fully saturated rings. The number of amides is 1. The maximum Gasteiger partial charge on any atom is 0.243 e. The summed E-state index contributed by atoms with van der Waals surface area (Å²) in [4.78, 5) is 14.5. The summed E-state index contributed by atoms with van der Waals surface area (Å²) in [6, 6.07) is 10.2. The van der Waals surface area contributed by atoms with Gasteiger partial charge >= 0.3 is 0 Å². The monoisotopic (exact) mass is 291 g/mol. The van der Waals surface area contributed by atoms with E-state index < -0.39 is 5.54 Å². The molecule has 4 heteroatoms. The van der Waals surface area contributed by atoms with Crippen LogP contribution in [0.2, 0.25) is 0 Å². The molecule has 0 saturated heterocycles. The quantitative estimate of drug-likeness (QED) is 0.732. The van der Waals surface area contributed by atoms with Gasteiger partial charge in [0.15, 0.2) is 0 Å². The average molecular weight is 291 g/mol. The number of benzene rings is 1. The number of nitrogens with one attached hydrogen (secondary N) is 1. The first kappa shape index (κ1) is 17.7. The Kier molecular flexibility index (Phi) is 6.85. The second-order valence-corrected chi connectivity index (χ2v) is 5.73. The van der Waals surface area contributed by atoms with E-state index in [0.29, 0.717) is 12.6 Å². The Morgan fingerprint density at radius 3 is 2.43 bits per heavy atom. The van der Waals surface area contributed by atoms with Gasteiger partial charge in [-0.2, -0.15) is 0 Å². The predicted molar refractivity (Wildman–Crippen MR) is 88.0 cm³/mol. The van der Waals surface area contributed by atoms with E-state index >= 15 is 0 Å². The number of carbonyl (C=O) groups is 1. The summed E-state index contributed by atoms with van der Waals surface area (Å²) in [5.41, 5.74) is 5.90. The van der Waals surface area contributed by atoms with Crippen LogP contribution in [0.25, 0.3) is 0 Å². The van der Waals surface area contributed by atoms with Gasteiger partial charge in [0.05, 0.1) is 0 Å². The molecule has 1 aromatic rings. The Bertz CT molecular complexity index is 435. The highest BCUT2D eigenvalue weighted by atomic mass is 16.1. The number of nitrogens with two attached hydrogens (primary N) is 1. The van der Waals surface area contributed by atoms with Crippen LogP contribution >= 0.6 is 0 Å². The van der Waals surface area contributed by atoms with E-state index in [9.17, 15) is 4.79 Å². The zero-order chi connectivity index (χ0) is 15.9. The molecule has 1 amide bonds. The number of carbonyl (C=O) groups excluding carboxylic acids is 1. The van der Waals surface area contributed by atoms with Gasteiger partial charge in [-0.25, -0.2) is 0 Å².